The first-order valence-corrected chi connectivity index (χ1v) is 9.97. The minimum absolute atomic E-state index is 0.658. The minimum Gasteiger partial charge on any atom is -0.334 e. The van der Waals surface area contributed by atoms with Gasteiger partial charge in [0.15, 0.2) is 0 Å². The van der Waals surface area contributed by atoms with Crippen LogP contribution in [-0.2, 0) is 0 Å². The van der Waals surface area contributed by atoms with Crippen LogP contribution in [0.5, 0.6) is 0 Å². The summed E-state index contributed by atoms with van der Waals surface area (Å²) in [6.07, 6.45) is 2.57. The van der Waals surface area contributed by atoms with Crippen molar-refractivity contribution in [2.24, 2.45) is 5.92 Å². The number of unbranched alkanes of at least 4 members (excludes halogenated alkanes) is 1. The zero-order chi connectivity index (χ0) is 13.2. The molecule has 2 heteroatoms. The Morgan fingerprint density at radius 1 is 1.12 bits per heavy atom. The van der Waals surface area contributed by atoms with E-state index in [1.807, 2.05) is 0 Å². The monoisotopic (exact) mass is 251 g/mol. The summed E-state index contributed by atoms with van der Waals surface area (Å²) >= 11 is 0. The Hall–Kier alpha value is -0.343. The molecule has 98 valence electrons. The third-order valence-corrected chi connectivity index (χ3v) is 7.70. The van der Waals surface area contributed by atoms with Crippen LogP contribution in [0.25, 0.3) is 0 Å². The largest absolute Gasteiger partial charge is 0.334 e. The van der Waals surface area contributed by atoms with Crippen LogP contribution in [0.15, 0.2) is 21.9 Å². The second-order valence-corrected chi connectivity index (χ2v) is 10.1. The molecule has 0 saturated heterocycles. The molecule has 0 spiro atoms. The van der Waals surface area contributed by atoms with E-state index in [0.717, 1.165) is 0 Å². The van der Waals surface area contributed by atoms with Crippen LogP contribution in [0.1, 0.15) is 47.5 Å². The van der Waals surface area contributed by atoms with Crippen molar-refractivity contribution in [1.82, 2.24) is 4.98 Å². The van der Waals surface area contributed by atoms with Crippen molar-refractivity contribution in [1.29, 1.82) is 0 Å². The topological polar surface area (TPSA) is 12.0 Å². The smallest absolute Gasteiger partial charge is 0.148 e. The van der Waals surface area contributed by atoms with Crippen molar-refractivity contribution < 1.29 is 0 Å². The molecule has 0 bridgehead atoms. The molecule has 0 aromatic rings. The van der Waals surface area contributed by atoms with E-state index < -0.39 is 8.24 Å². The summed E-state index contributed by atoms with van der Waals surface area (Å²) in [5, 5.41) is 1.73. The molecule has 1 atom stereocenters. The van der Waals surface area contributed by atoms with E-state index in [2.05, 4.69) is 52.7 Å². The van der Waals surface area contributed by atoms with Gasteiger partial charge in [-0.05, 0) is 45.2 Å². The molecule has 1 aliphatic rings. The number of hydrogen-bond acceptors (Lipinski definition) is 1. The van der Waals surface area contributed by atoms with Crippen molar-refractivity contribution in [2.45, 2.75) is 60.6 Å². The van der Waals surface area contributed by atoms with Gasteiger partial charge in [-0.15, -0.1) is 0 Å². The van der Waals surface area contributed by atoms with Crippen LogP contribution in [0.2, 0.25) is 13.1 Å². The van der Waals surface area contributed by atoms with Crippen LogP contribution >= 0.6 is 0 Å². The van der Waals surface area contributed by atoms with Gasteiger partial charge in [-0.3, -0.25) is 0 Å². The predicted molar refractivity (Wildman–Crippen MR) is 80.6 cm³/mol. The standard InChI is InChI=1S/C15H29NSi/c1-8-9-10-16-17(6,7)15-13(4)11(2)12(3)14(15)5/h13,16H,8-10H2,1-7H3. The summed E-state index contributed by atoms with van der Waals surface area (Å²) in [6, 6.07) is 0. The first kappa shape index (κ1) is 14.7. The molecule has 17 heavy (non-hydrogen) atoms. The Morgan fingerprint density at radius 3 is 2.12 bits per heavy atom. The average Bonchev–Trinajstić information content (AvgIpc) is 2.44. The van der Waals surface area contributed by atoms with Crippen molar-refractivity contribution in [3.05, 3.63) is 21.9 Å². The summed E-state index contributed by atoms with van der Waals surface area (Å²) in [5.74, 6) is 0.658. The van der Waals surface area contributed by atoms with E-state index in [4.69, 9.17) is 0 Å². The third-order valence-electron chi connectivity index (χ3n) is 4.41. The Kier molecular flexibility index (Phi) is 4.79. The van der Waals surface area contributed by atoms with Crippen LogP contribution in [-0.4, -0.2) is 14.8 Å². The molecular formula is C15H29NSi. The summed E-state index contributed by atoms with van der Waals surface area (Å²) < 4.78 is 0. The highest BCUT2D eigenvalue weighted by Gasteiger charge is 2.35. The second-order valence-electron chi connectivity index (χ2n) is 5.97. The molecule has 0 heterocycles. The fraction of sp³-hybridized carbons (Fsp3) is 0.733. The van der Waals surface area contributed by atoms with Crippen molar-refractivity contribution in [3.63, 3.8) is 0 Å². The van der Waals surface area contributed by atoms with Gasteiger partial charge in [-0.25, -0.2) is 0 Å². The zero-order valence-electron chi connectivity index (χ0n) is 12.7. The van der Waals surface area contributed by atoms with Gasteiger partial charge in [-0.1, -0.05) is 49.7 Å². The molecule has 0 aromatic heterocycles. The molecule has 1 aliphatic carbocycles. The minimum atomic E-state index is -1.43. The maximum atomic E-state index is 3.86. The van der Waals surface area contributed by atoms with Crippen LogP contribution < -0.4 is 4.98 Å². The lowest BCUT2D eigenvalue weighted by molar-refractivity contribution is 0.747. The van der Waals surface area contributed by atoms with E-state index in [9.17, 15) is 0 Å². The summed E-state index contributed by atoms with van der Waals surface area (Å²) in [4.78, 5) is 3.86. The molecule has 0 saturated carbocycles. The van der Waals surface area contributed by atoms with E-state index in [1.165, 1.54) is 25.0 Å². The van der Waals surface area contributed by atoms with E-state index in [0.29, 0.717) is 5.92 Å². The Labute approximate surface area is 108 Å². The maximum Gasteiger partial charge on any atom is 0.148 e. The van der Waals surface area contributed by atoms with Gasteiger partial charge in [0.25, 0.3) is 0 Å². The highest BCUT2D eigenvalue weighted by Crippen LogP contribution is 2.40. The van der Waals surface area contributed by atoms with E-state index in [-0.39, 0.29) is 0 Å². The third kappa shape index (κ3) is 2.91. The second kappa shape index (κ2) is 5.53. The van der Waals surface area contributed by atoms with Gasteiger partial charge in [0, 0.05) is 0 Å². The molecule has 1 N–H and O–H groups in total. The summed E-state index contributed by atoms with van der Waals surface area (Å²) in [7, 11) is -1.43. The molecule has 0 fully saturated rings. The normalized spacial score (nSPS) is 21.7. The fourth-order valence-electron chi connectivity index (χ4n) is 3.05. The van der Waals surface area contributed by atoms with Gasteiger partial charge < -0.3 is 4.98 Å². The van der Waals surface area contributed by atoms with E-state index in [1.54, 1.807) is 16.3 Å². The zero-order valence-corrected chi connectivity index (χ0v) is 13.7. The van der Waals surface area contributed by atoms with Gasteiger partial charge in [0.2, 0.25) is 0 Å². The quantitative estimate of drug-likeness (QED) is 0.563. The highest BCUT2D eigenvalue weighted by atomic mass is 28.3. The SMILES string of the molecule is CCCCN[Si](C)(C)C1=C(C)C(C)=C(C)C1C. The molecule has 1 rings (SSSR count). The molecule has 1 nitrogen and oxygen atoms in total. The predicted octanol–water partition coefficient (Wildman–Crippen LogP) is 4.42. The van der Waals surface area contributed by atoms with Crippen LogP contribution in [0.3, 0.4) is 0 Å². The Bertz CT molecular complexity index is 350. The fourth-order valence-corrected chi connectivity index (χ4v) is 6.46. The highest BCUT2D eigenvalue weighted by molar-refractivity contribution is 6.82. The lowest BCUT2D eigenvalue weighted by Crippen LogP contribution is -2.49. The van der Waals surface area contributed by atoms with Crippen molar-refractivity contribution >= 4 is 8.24 Å². The first-order chi connectivity index (χ1) is 7.83. The summed E-state index contributed by atoms with van der Waals surface area (Å²) in [5.41, 5.74) is 4.68. The molecular weight excluding hydrogens is 222 g/mol. The Morgan fingerprint density at radius 2 is 1.71 bits per heavy atom. The molecule has 0 amide bonds. The lowest BCUT2D eigenvalue weighted by Gasteiger charge is -2.30. The number of hydrogen-bond donors (Lipinski definition) is 1. The van der Waals surface area contributed by atoms with Gasteiger partial charge in [0.1, 0.15) is 8.24 Å². The van der Waals surface area contributed by atoms with Crippen molar-refractivity contribution in [2.75, 3.05) is 6.54 Å². The van der Waals surface area contributed by atoms with Crippen molar-refractivity contribution in [3.8, 4) is 0 Å². The first-order valence-electron chi connectivity index (χ1n) is 6.97. The lowest BCUT2D eigenvalue weighted by atomic mass is 10.1. The van der Waals surface area contributed by atoms with Gasteiger partial charge >= 0.3 is 0 Å². The molecule has 0 aromatic carbocycles. The summed E-state index contributed by atoms with van der Waals surface area (Å²) in [6.45, 7) is 17.6. The number of rotatable bonds is 5. The number of nitrogens with one attached hydrogen (secondary N) is 1. The Balaban J connectivity index is 2.86. The maximum absolute atomic E-state index is 3.86. The van der Waals surface area contributed by atoms with Crippen LogP contribution in [0.4, 0.5) is 0 Å². The average molecular weight is 251 g/mol. The van der Waals surface area contributed by atoms with Gasteiger partial charge in [0.05, 0.1) is 0 Å². The van der Waals surface area contributed by atoms with E-state index >= 15 is 0 Å². The van der Waals surface area contributed by atoms with Gasteiger partial charge in [-0.2, -0.15) is 0 Å². The molecule has 0 radical (unpaired) electrons. The molecule has 0 aliphatic heterocycles. The van der Waals surface area contributed by atoms with Crippen LogP contribution in [0, 0.1) is 5.92 Å². The number of allylic oxidation sites excluding steroid dienone is 4. The molecule has 1 unspecified atom stereocenters.